The Kier molecular flexibility index (Phi) is 4.24. The van der Waals surface area contributed by atoms with Crippen LogP contribution in [-0.2, 0) is 6.54 Å². The summed E-state index contributed by atoms with van der Waals surface area (Å²) in [5.74, 6) is -0.333. The van der Waals surface area contributed by atoms with E-state index in [9.17, 15) is 9.18 Å². The first kappa shape index (κ1) is 15.8. The van der Waals surface area contributed by atoms with Crippen LogP contribution in [0.4, 0.5) is 4.39 Å². The molecule has 0 spiro atoms. The van der Waals surface area contributed by atoms with Crippen molar-refractivity contribution in [2.24, 2.45) is 0 Å². The number of para-hydroxylation sites is 1. The molecule has 3 aromatic rings. The molecule has 2 aromatic carbocycles. The molecule has 0 radical (unpaired) electrons. The maximum atomic E-state index is 14.5. The van der Waals surface area contributed by atoms with Crippen molar-refractivity contribution in [3.63, 3.8) is 0 Å². The van der Waals surface area contributed by atoms with E-state index < -0.39 is 0 Å². The molecule has 1 N–H and O–H groups in total. The zero-order chi connectivity index (χ0) is 17.2. The smallest absolute Gasteiger partial charge is 0.270 e. The van der Waals surface area contributed by atoms with Gasteiger partial charge in [-0.25, -0.2) is 4.39 Å². The lowest BCUT2D eigenvalue weighted by Gasteiger charge is -2.27. The quantitative estimate of drug-likeness (QED) is 0.798. The van der Waals surface area contributed by atoms with Crippen molar-refractivity contribution in [3.8, 4) is 0 Å². The molecule has 0 atom stereocenters. The Hall–Kier alpha value is -2.66. The highest BCUT2D eigenvalue weighted by Gasteiger charge is 2.23. The van der Waals surface area contributed by atoms with Crippen molar-refractivity contribution in [1.82, 2.24) is 14.8 Å². The molecule has 0 unspecified atom stereocenters. The summed E-state index contributed by atoms with van der Waals surface area (Å²) in [6.07, 6.45) is 0. The largest absolute Gasteiger partial charge is 0.335 e. The molecule has 0 bridgehead atoms. The number of benzene rings is 2. The Balaban J connectivity index is 1.81. The highest BCUT2D eigenvalue weighted by Crippen LogP contribution is 2.25. The summed E-state index contributed by atoms with van der Waals surface area (Å²) in [4.78, 5) is 14.9. The third-order valence-electron chi connectivity index (χ3n) is 4.68. The molecule has 2 heterocycles. The van der Waals surface area contributed by atoms with Crippen molar-refractivity contribution in [3.05, 3.63) is 71.7 Å². The first-order valence-corrected chi connectivity index (χ1v) is 8.56. The number of nitrogens with zero attached hydrogens (tertiary/aromatic N) is 2. The highest BCUT2D eigenvalue weighted by molar-refractivity contribution is 5.99. The molecule has 1 aliphatic rings. The fraction of sp³-hybridized carbons (Fsp3) is 0.250. The Labute approximate surface area is 145 Å². The number of piperazine rings is 1. The second kappa shape index (κ2) is 6.69. The average Bonchev–Trinajstić information content (AvgIpc) is 3.02. The third-order valence-corrected chi connectivity index (χ3v) is 4.68. The van der Waals surface area contributed by atoms with Crippen LogP contribution in [0.3, 0.4) is 0 Å². The molecule has 128 valence electrons. The molecule has 1 aliphatic heterocycles. The summed E-state index contributed by atoms with van der Waals surface area (Å²) in [6.45, 7) is 3.40. The molecule has 1 saturated heterocycles. The minimum Gasteiger partial charge on any atom is -0.335 e. The maximum absolute atomic E-state index is 14.5. The van der Waals surface area contributed by atoms with Crippen LogP contribution in [-0.4, -0.2) is 41.6 Å². The van der Waals surface area contributed by atoms with E-state index in [4.69, 9.17) is 0 Å². The minimum atomic E-state index is -0.298. The molecule has 1 amide bonds. The molecular weight excluding hydrogens is 317 g/mol. The SMILES string of the molecule is O=C(c1cc2cccc(F)c2n1Cc1ccccc1)N1CCNCC1. The van der Waals surface area contributed by atoms with E-state index in [1.807, 2.05) is 51.9 Å². The van der Waals surface area contributed by atoms with Crippen LogP contribution in [0.2, 0.25) is 0 Å². The first-order chi connectivity index (χ1) is 12.2. The number of rotatable bonds is 3. The summed E-state index contributed by atoms with van der Waals surface area (Å²) < 4.78 is 16.3. The molecule has 0 aliphatic carbocycles. The third kappa shape index (κ3) is 3.03. The van der Waals surface area contributed by atoms with E-state index in [1.165, 1.54) is 6.07 Å². The molecule has 0 saturated carbocycles. The van der Waals surface area contributed by atoms with Crippen molar-refractivity contribution < 1.29 is 9.18 Å². The lowest BCUT2D eigenvalue weighted by molar-refractivity contribution is 0.0726. The van der Waals surface area contributed by atoms with Crippen LogP contribution < -0.4 is 5.32 Å². The van der Waals surface area contributed by atoms with Crippen LogP contribution in [0.5, 0.6) is 0 Å². The maximum Gasteiger partial charge on any atom is 0.270 e. The second-order valence-electron chi connectivity index (χ2n) is 6.32. The lowest BCUT2D eigenvalue weighted by atomic mass is 10.2. The van der Waals surface area contributed by atoms with E-state index in [0.717, 1.165) is 24.0 Å². The normalized spacial score (nSPS) is 14.8. The van der Waals surface area contributed by atoms with Gasteiger partial charge >= 0.3 is 0 Å². The van der Waals surface area contributed by atoms with Crippen molar-refractivity contribution in [2.75, 3.05) is 26.2 Å². The van der Waals surface area contributed by atoms with Crippen molar-refractivity contribution >= 4 is 16.8 Å². The van der Waals surface area contributed by atoms with Gasteiger partial charge in [-0.15, -0.1) is 0 Å². The van der Waals surface area contributed by atoms with Gasteiger partial charge in [0.1, 0.15) is 11.5 Å². The zero-order valence-corrected chi connectivity index (χ0v) is 13.9. The summed E-state index contributed by atoms with van der Waals surface area (Å²) in [5, 5.41) is 4.01. The fourth-order valence-corrected chi connectivity index (χ4v) is 3.42. The summed E-state index contributed by atoms with van der Waals surface area (Å²) in [5.41, 5.74) is 2.08. The molecule has 1 aromatic heterocycles. The highest BCUT2D eigenvalue weighted by atomic mass is 19.1. The van der Waals surface area contributed by atoms with Gasteiger partial charge in [-0.3, -0.25) is 4.79 Å². The monoisotopic (exact) mass is 337 g/mol. The Morgan fingerprint density at radius 3 is 2.56 bits per heavy atom. The van der Waals surface area contributed by atoms with Crippen molar-refractivity contribution in [2.45, 2.75) is 6.54 Å². The van der Waals surface area contributed by atoms with Crippen LogP contribution in [0.15, 0.2) is 54.6 Å². The van der Waals surface area contributed by atoms with Gasteiger partial charge in [-0.2, -0.15) is 0 Å². The fourth-order valence-electron chi connectivity index (χ4n) is 3.42. The number of hydrogen-bond donors (Lipinski definition) is 1. The topological polar surface area (TPSA) is 37.3 Å². The van der Waals surface area contributed by atoms with E-state index in [2.05, 4.69) is 5.32 Å². The van der Waals surface area contributed by atoms with Gasteiger partial charge in [-0.1, -0.05) is 42.5 Å². The van der Waals surface area contributed by atoms with Gasteiger partial charge in [0.2, 0.25) is 0 Å². The Bertz CT molecular complexity index is 898. The van der Waals surface area contributed by atoms with Gasteiger partial charge in [0.25, 0.3) is 5.91 Å². The average molecular weight is 337 g/mol. The second-order valence-corrected chi connectivity index (χ2v) is 6.32. The van der Waals surface area contributed by atoms with E-state index in [1.54, 1.807) is 6.07 Å². The van der Waals surface area contributed by atoms with Gasteiger partial charge in [-0.05, 0) is 17.7 Å². The lowest BCUT2D eigenvalue weighted by Crippen LogP contribution is -2.46. The molecule has 4 nitrogen and oxygen atoms in total. The van der Waals surface area contributed by atoms with Gasteiger partial charge in [0.15, 0.2) is 0 Å². The Morgan fingerprint density at radius 2 is 1.80 bits per heavy atom. The molecule has 4 rings (SSSR count). The molecular formula is C20H20FN3O. The standard InChI is InChI=1S/C20H20FN3O/c21-17-8-4-7-16-13-18(20(25)23-11-9-22-10-12-23)24(19(16)17)14-15-5-2-1-3-6-15/h1-8,13,22H,9-12,14H2. The number of halogens is 1. The van der Waals surface area contributed by atoms with Gasteiger partial charge in [0, 0.05) is 38.1 Å². The van der Waals surface area contributed by atoms with Gasteiger partial charge < -0.3 is 14.8 Å². The number of amides is 1. The van der Waals surface area contributed by atoms with Gasteiger partial charge in [0.05, 0.1) is 5.52 Å². The van der Waals surface area contributed by atoms with Crippen LogP contribution in [0.25, 0.3) is 10.9 Å². The minimum absolute atomic E-state index is 0.0342. The van der Waals surface area contributed by atoms with Crippen molar-refractivity contribution in [1.29, 1.82) is 0 Å². The number of carbonyl (C=O) groups is 1. The summed E-state index contributed by atoms with van der Waals surface area (Å²) >= 11 is 0. The summed E-state index contributed by atoms with van der Waals surface area (Å²) in [7, 11) is 0. The van der Waals surface area contributed by atoms with Crippen LogP contribution >= 0.6 is 0 Å². The van der Waals surface area contributed by atoms with Crippen LogP contribution in [0.1, 0.15) is 16.1 Å². The Morgan fingerprint density at radius 1 is 1.04 bits per heavy atom. The van der Waals surface area contributed by atoms with E-state index in [0.29, 0.717) is 30.8 Å². The van der Waals surface area contributed by atoms with E-state index in [-0.39, 0.29) is 11.7 Å². The van der Waals surface area contributed by atoms with Crippen LogP contribution in [0, 0.1) is 5.82 Å². The number of fused-ring (bicyclic) bond motifs is 1. The number of carbonyl (C=O) groups excluding carboxylic acids is 1. The predicted octanol–water partition coefficient (Wildman–Crippen LogP) is 2.87. The molecule has 25 heavy (non-hydrogen) atoms. The first-order valence-electron chi connectivity index (χ1n) is 8.56. The van der Waals surface area contributed by atoms with E-state index >= 15 is 0 Å². The summed E-state index contributed by atoms with van der Waals surface area (Å²) in [6, 6.07) is 16.6. The number of nitrogens with one attached hydrogen (secondary N) is 1. The number of hydrogen-bond acceptors (Lipinski definition) is 2. The molecule has 1 fully saturated rings. The molecule has 5 heteroatoms. The number of aromatic nitrogens is 1. The predicted molar refractivity (Wildman–Crippen MR) is 96.2 cm³/mol. The zero-order valence-electron chi connectivity index (χ0n) is 13.9.